The SMILES string of the molecule is CN1CCN(C2CN(C(=O)NC3CCCCCC3)C2)CC1. The molecule has 21 heavy (non-hydrogen) atoms. The molecule has 3 fully saturated rings. The van der Waals surface area contributed by atoms with Crippen LogP contribution in [0.4, 0.5) is 4.79 Å². The highest BCUT2D eigenvalue weighted by molar-refractivity contribution is 5.75. The van der Waals surface area contributed by atoms with Gasteiger partial charge in [0.2, 0.25) is 0 Å². The molecule has 2 amide bonds. The van der Waals surface area contributed by atoms with E-state index in [-0.39, 0.29) is 6.03 Å². The lowest BCUT2D eigenvalue weighted by molar-refractivity contribution is 0.0278. The second-order valence-corrected chi connectivity index (χ2v) is 7.04. The van der Waals surface area contributed by atoms with Crippen molar-refractivity contribution >= 4 is 6.03 Å². The second-order valence-electron chi connectivity index (χ2n) is 7.04. The molecule has 2 heterocycles. The first-order valence-electron chi connectivity index (χ1n) is 8.70. The van der Waals surface area contributed by atoms with Crippen molar-refractivity contribution in [3.05, 3.63) is 0 Å². The molecule has 1 saturated carbocycles. The Kier molecular flexibility index (Phi) is 5.01. The number of urea groups is 1. The van der Waals surface area contributed by atoms with Crippen molar-refractivity contribution in [3.8, 4) is 0 Å². The Morgan fingerprint density at radius 1 is 0.952 bits per heavy atom. The van der Waals surface area contributed by atoms with Crippen LogP contribution < -0.4 is 5.32 Å². The summed E-state index contributed by atoms with van der Waals surface area (Å²) >= 11 is 0. The van der Waals surface area contributed by atoms with Crippen LogP contribution in [0.5, 0.6) is 0 Å². The summed E-state index contributed by atoms with van der Waals surface area (Å²) < 4.78 is 0. The lowest BCUT2D eigenvalue weighted by Crippen LogP contribution is -2.65. The summed E-state index contributed by atoms with van der Waals surface area (Å²) in [5, 5.41) is 3.25. The molecule has 5 nitrogen and oxygen atoms in total. The number of hydrogen-bond acceptors (Lipinski definition) is 3. The second kappa shape index (κ2) is 6.97. The maximum absolute atomic E-state index is 12.3. The zero-order valence-corrected chi connectivity index (χ0v) is 13.4. The summed E-state index contributed by atoms with van der Waals surface area (Å²) in [5.41, 5.74) is 0. The first kappa shape index (κ1) is 15.1. The van der Waals surface area contributed by atoms with E-state index in [4.69, 9.17) is 0 Å². The van der Waals surface area contributed by atoms with E-state index in [2.05, 4.69) is 22.2 Å². The number of rotatable bonds is 2. The Labute approximate surface area is 128 Å². The van der Waals surface area contributed by atoms with Crippen molar-refractivity contribution in [2.75, 3.05) is 46.3 Å². The quantitative estimate of drug-likeness (QED) is 0.782. The van der Waals surface area contributed by atoms with E-state index in [9.17, 15) is 4.79 Å². The minimum atomic E-state index is 0.173. The van der Waals surface area contributed by atoms with E-state index in [0.29, 0.717) is 12.1 Å². The van der Waals surface area contributed by atoms with Gasteiger partial charge in [0.1, 0.15) is 0 Å². The van der Waals surface area contributed by atoms with Gasteiger partial charge in [0.25, 0.3) is 0 Å². The average Bonchev–Trinajstić information content (AvgIpc) is 2.68. The molecular formula is C16H30N4O. The number of piperazine rings is 1. The minimum Gasteiger partial charge on any atom is -0.335 e. The third-order valence-electron chi connectivity index (χ3n) is 5.39. The van der Waals surface area contributed by atoms with E-state index in [1.807, 2.05) is 4.90 Å². The zero-order chi connectivity index (χ0) is 14.7. The summed E-state index contributed by atoms with van der Waals surface area (Å²) in [4.78, 5) is 19.2. The molecule has 0 aromatic carbocycles. The Morgan fingerprint density at radius 3 is 2.19 bits per heavy atom. The monoisotopic (exact) mass is 294 g/mol. The molecule has 0 aromatic heterocycles. The van der Waals surface area contributed by atoms with Gasteiger partial charge < -0.3 is 15.1 Å². The number of carbonyl (C=O) groups excluding carboxylic acids is 1. The van der Waals surface area contributed by atoms with Crippen molar-refractivity contribution < 1.29 is 4.79 Å². The highest BCUT2D eigenvalue weighted by Gasteiger charge is 2.36. The molecular weight excluding hydrogens is 264 g/mol. The first-order valence-corrected chi connectivity index (χ1v) is 8.70. The van der Waals surface area contributed by atoms with Gasteiger partial charge in [-0.05, 0) is 19.9 Å². The van der Waals surface area contributed by atoms with Crippen molar-refractivity contribution in [1.29, 1.82) is 0 Å². The van der Waals surface area contributed by atoms with Crippen LogP contribution in [0.25, 0.3) is 0 Å². The van der Waals surface area contributed by atoms with Crippen LogP contribution in [-0.2, 0) is 0 Å². The minimum absolute atomic E-state index is 0.173. The molecule has 0 aromatic rings. The molecule has 0 spiro atoms. The number of nitrogens with zero attached hydrogens (tertiary/aromatic N) is 3. The Bertz CT molecular complexity index is 340. The number of amides is 2. The van der Waals surface area contributed by atoms with E-state index in [1.165, 1.54) is 38.5 Å². The highest BCUT2D eigenvalue weighted by Crippen LogP contribution is 2.20. The van der Waals surface area contributed by atoms with Crippen LogP contribution in [-0.4, -0.2) is 79.1 Å². The van der Waals surface area contributed by atoms with Crippen molar-refractivity contribution in [2.24, 2.45) is 0 Å². The number of nitrogens with one attached hydrogen (secondary N) is 1. The van der Waals surface area contributed by atoms with Crippen molar-refractivity contribution in [2.45, 2.75) is 50.6 Å². The maximum Gasteiger partial charge on any atom is 0.317 e. The fourth-order valence-electron chi connectivity index (χ4n) is 3.73. The van der Waals surface area contributed by atoms with Crippen LogP contribution in [0.1, 0.15) is 38.5 Å². The molecule has 2 aliphatic heterocycles. The molecule has 3 aliphatic rings. The third-order valence-corrected chi connectivity index (χ3v) is 5.39. The summed E-state index contributed by atoms with van der Waals surface area (Å²) in [6.07, 6.45) is 7.55. The summed E-state index contributed by atoms with van der Waals surface area (Å²) in [7, 11) is 2.19. The highest BCUT2D eigenvalue weighted by atomic mass is 16.2. The predicted octanol–water partition coefficient (Wildman–Crippen LogP) is 1.35. The topological polar surface area (TPSA) is 38.8 Å². The average molecular weight is 294 g/mol. The lowest BCUT2D eigenvalue weighted by Gasteiger charge is -2.47. The van der Waals surface area contributed by atoms with Gasteiger partial charge in [0.15, 0.2) is 0 Å². The van der Waals surface area contributed by atoms with Gasteiger partial charge in [-0.1, -0.05) is 25.7 Å². The van der Waals surface area contributed by atoms with Crippen molar-refractivity contribution in [1.82, 2.24) is 20.0 Å². The Hall–Kier alpha value is -0.810. The van der Waals surface area contributed by atoms with Gasteiger partial charge in [-0.3, -0.25) is 4.90 Å². The van der Waals surface area contributed by atoms with Gasteiger partial charge in [0.05, 0.1) is 0 Å². The molecule has 1 aliphatic carbocycles. The van der Waals surface area contributed by atoms with Crippen LogP contribution in [0.3, 0.4) is 0 Å². The van der Waals surface area contributed by atoms with E-state index in [0.717, 1.165) is 39.3 Å². The molecule has 5 heteroatoms. The Balaban J connectivity index is 1.38. The normalized spacial score (nSPS) is 27.2. The third kappa shape index (κ3) is 3.89. The van der Waals surface area contributed by atoms with Crippen LogP contribution in [0.15, 0.2) is 0 Å². The first-order chi connectivity index (χ1) is 10.2. The summed E-state index contributed by atoms with van der Waals surface area (Å²) in [6, 6.07) is 1.19. The standard InChI is InChI=1S/C16H30N4O/c1-18-8-10-19(11-9-18)15-12-20(13-15)16(21)17-14-6-4-2-3-5-7-14/h14-15H,2-13H2,1H3,(H,17,21). The smallest absolute Gasteiger partial charge is 0.317 e. The van der Waals surface area contributed by atoms with Gasteiger partial charge >= 0.3 is 6.03 Å². The van der Waals surface area contributed by atoms with Gasteiger partial charge in [-0.15, -0.1) is 0 Å². The lowest BCUT2D eigenvalue weighted by atomic mass is 10.1. The molecule has 0 bridgehead atoms. The zero-order valence-electron chi connectivity index (χ0n) is 13.4. The molecule has 0 radical (unpaired) electrons. The maximum atomic E-state index is 12.3. The van der Waals surface area contributed by atoms with Gasteiger partial charge in [-0.25, -0.2) is 4.79 Å². The van der Waals surface area contributed by atoms with Crippen molar-refractivity contribution in [3.63, 3.8) is 0 Å². The molecule has 2 saturated heterocycles. The molecule has 3 rings (SSSR count). The van der Waals surface area contributed by atoms with Gasteiger partial charge in [-0.2, -0.15) is 0 Å². The van der Waals surface area contributed by atoms with E-state index in [1.54, 1.807) is 0 Å². The number of likely N-dealkylation sites (N-methyl/N-ethyl adjacent to an activating group) is 1. The number of hydrogen-bond donors (Lipinski definition) is 1. The summed E-state index contributed by atoms with van der Waals surface area (Å²) in [5.74, 6) is 0. The van der Waals surface area contributed by atoms with Crippen LogP contribution >= 0.6 is 0 Å². The van der Waals surface area contributed by atoms with Crippen LogP contribution in [0.2, 0.25) is 0 Å². The molecule has 1 N–H and O–H groups in total. The molecule has 120 valence electrons. The fourth-order valence-corrected chi connectivity index (χ4v) is 3.73. The fraction of sp³-hybridized carbons (Fsp3) is 0.938. The molecule has 0 unspecified atom stereocenters. The summed E-state index contributed by atoms with van der Waals surface area (Å²) in [6.45, 7) is 6.46. The van der Waals surface area contributed by atoms with Gasteiger partial charge in [0, 0.05) is 51.4 Å². The predicted molar refractivity (Wildman–Crippen MR) is 84.5 cm³/mol. The molecule has 0 atom stereocenters. The number of carbonyl (C=O) groups is 1. The Morgan fingerprint density at radius 2 is 1.57 bits per heavy atom. The van der Waals surface area contributed by atoms with E-state index >= 15 is 0 Å². The van der Waals surface area contributed by atoms with E-state index < -0.39 is 0 Å². The largest absolute Gasteiger partial charge is 0.335 e. The number of likely N-dealkylation sites (tertiary alicyclic amines) is 1. The van der Waals surface area contributed by atoms with Crippen LogP contribution in [0, 0.1) is 0 Å².